The fourth-order valence-electron chi connectivity index (χ4n) is 1.77. The molecule has 0 amide bonds. The number of rotatable bonds is 5. The summed E-state index contributed by atoms with van der Waals surface area (Å²) in [6.07, 6.45) is 0. The van der Waals surface area contributed by atoms with E-state index in [4.69, 9.17) is 0 Å². The Morgan fingerprint density at radius 1 is 1.25 bits per heavy atom. The summed E-state index contributed by atoms with van der Waals surface area (Å²) < 4.78 is 28.5. The maximum atomic E-state index is 12.1. The number of hydrogen-bond donors (Lipinski definition) is 1. The van der Waals surface area contributed by atoms with Gasteiger partial charge in [0, 0.05) is 6.04 Å². The maximum Gasteiger partial charge on any atom is 0.387 e. The highest BCUT2D eigenvalue weighted by Crippen LogP contribution is 2.25. The number of alkyl halides is 2. The van der Waals surface area contributed by atoms with Crippen LogP contribution >= 0.6 is 0 Å². The van der Waals surface area contributed by atoms with Crippen LogP contribution in [0, 0.1) is 5.92 Å². The molecule has 0 saturated heterocycles. The van der Waals surface area contributed by atoms with Gasteiger partial charge in [-0.25, -0.2) is 0 Å². The fourth-order valence-corrected chi connectivity index (χ4v) is 1.77. The molecule has 1 atom stereocenters. The van der Waals surface area contributed by atoms with E-state index in [-0.39, 0.29) is 11.8 Å². The third kappa shape index (κ3) is 3.45. The van der Waals surface area contributed by atoms with Gasteiger partial charge >= 0.3 is 6.61 Å². The van der Waals surface area contributed by atoms with Crippen LogP contribution in [-0.2, 0) is 0 Å². The molecule has 4 heteroatoms. The highest BCUT2D eigenvalue weighted by atomic mass is 19.3. The average molecular weight is 229 g/mol. The van der Waals surface area contributed by atoms with E-state index in [1.165, 1.54) is 6.07 Å². The first-order valence-electron chi connectivity index (χ1n) is 5.26. The Kier molecular flexibility index (Phi) is 4.68. The molecule has 0 heterocycles. The third-order valence-electron chi connectivity index (χ3n) is 2.42. The van der Waals surface area contributed by atoms with Crippen molar-refractivity contribution in [2.75, 3.05) is 7.05 Å². The zero-order chi connectivity index (χ0) is 12.1. The number of nitrogens with one attached hydrogen (secondary N) is 1. The molecule has 1 unspecified atom stereocenters. The summed E-state index contributed by atoms with van der Waals surface area (Å²) in [6.45, 7) is 1.37. The van der Waals surface area contributed by atoms with Crippen molar-refractivity contribution in [3.8, 4) is 5.75 Å². The molecule has 0 fully saturated rings. The topological polar surface area (TPSA) is 21.3 Å². The summed E-state index contributed by atoms with van der Waals surface area (Å²) in [4.78, 5) is 0. The van der Waals surface area contributed by atoms with Crippen LogP contribution in [0.4, 0.5) is 8.78 Å². The zero-order valence-electron chi connectivity index (χ0n) is 9.71. The number of benzene rings is 1. The summed E-state index contributed by atoms with van der Waals surface area (Å²) in [5.74, 6) is 0.584. The molecule has 0 saturated carbocycles. The van der Waals surface area contributed by atoms with E-state index in [1.54, 1.807) is 12.1 Å². The van der Waals surface area contributed by atoms with E-state index >= 15 is 0 Å². The number of hydrogen-bond acceptors (Lipinski definition) is 2. The molecule has 1 aromatic rings. The van der Waals surface area contributed by atoms with Gasteiger partial charge in [0.2, 0.25) is 0 Å². The van der Waals surface area contributed by atoms with Crippen LogP contribution in [0.25, 0.3) is 0 Å². The van der Waals surface area contributed by atoms with Crippen molar-refractivity contribution in [1.82, 2.24) is 5.32 Å². The van der Waals surface area contributed by atoms with Gasteiger partial charge in [-0.15, -0.1) is 0 Å². The van der Waals surface area contributed by atoms with Gasteiger partial charge in [0.15, 0.2) is 0 Å². The van der Waals surface area contributed by atoms with E-state index in [0.29, 0.717) is 5.92 Å². The summed E-state index contributed by atoms with van der Waals surface area (Å²) in [7, 11) is 1.85. The Morgan fingerprint density at radius 2 is 1.94 bits per heavy atom. The molecular weight excluding hydrogens is 212 g/mol. The van der Waals surface area contributed by atoms with Crippen LogP contribution in [0.5, 0.6) is 5.75 Å². The average Bonchev–Trinajstić information content (AvgIpc) is 2.17. The minimum atomic E-state index is -2.78. The lowest BCUT2D eigenvalue weighted by Gasteiger charge is -2.21. The van der Waals surface area contributed by atoms with Crippen molar-refractivity contribution < 1.29 is 13.5 Å². The number of ether oxygens (including phenoxy) is 1. The first kappa shape index (κ1) is 12.9. The maximum absolute atomic E-state index is 12.1. The minimum Gasteiger partial charge on any atom is -0.435 e. The van der Waals surface area contributed by atoms with Crippen molar-refractivity contribution in [2.45, 2.75) is 26.5 Å². The molecular formula is C12H17F2NO. The van der Waals surface area contributed by atoms with Crippen LogP contribution in [0.3, 0.4) is 0 Å². The van der Waals surface area contributed by atoms with Gasteiger partial charge in [-0.1, -0.05) is 26.0 Å². The zero-order valence-corrected chi connectivity index (χ0v) is 9.71. The number of halogens is 2. The molecule has 90 valence electrons. The summed E-state index contributed by atoms with van der Waals surface area (Å²) in [6, 6.07) is 6.94. The predicted molar refractivity (Wildman–Crippen MR) is 59.7 cm³/mol. The molecule has 16 heavy (non-hydrogen) atoms. The smallest absolute Gasteiger partial charge is 0.387 e. The van der Waals surface area contributed by atoms with Gasteiger partial charge < -0.3 is 10.1 Å². The van der Waals surface area contributed by atoms with Crippen LogP contribution in [0.1, 0.15) is 25.5 Å². The summed E-state index contributed by atoms with van der Waals surface area (Å²) in [5, 5.41) is 3.16. The Morgan fingerprint density at radius 3 is 2.44 bits per heavy atom. The molecule has 0 spiro atoms. The van der Waals surface area contributed by atoms with Gasteiger partial charge in [-0.3, -0.25) is 0 Å². The molecule has 0 aliphatic heterocycles. The second-order valence-electron chi connectivity index (χ2n) is 3.96. The SMILES string of the molecule is CNC(c1cccc(OC(F)F)c1)C(C)C. The highest BCUT2D eigenvalue weighted by Gasteiger charge is 2.14. The molecule has 0 aliphatic carbocycles. The molecule has 0 aromatic heterocycles. The van der Waals surface area contributed by atoms with E-state index < -0.39 is 6.61 Å². The Hall–Kier alpha value is -1.16. The van der Waals surface area contributed by atoms with Crippen molar-refractivity contribution in [2.24, 2.45) is 5.92 Å². The summed E-state index contributed by atoms with van der Waals surface area (Å²) in [5.41, 5.74) is 0.954. The molecule has 1 N–H and O–H groups in total. The van der Waals surface area contributed by atoms with Gasteiger partial charge in [0.25, 0.3) is 0 Å². The first-order valence-corrected chi connectivity index (χ1v) is 5.26. The van der Waals surface area contributed by atoms with Gasteiger partial charge in [-0.2, -0.15) is 8.78 Å². The van der Waals surface area contributed by atoms with Crippen molar-refractivity contribution >= 4 is 0 Å². The molecule has 0 bridgehead atoms. The lowest BCUT2D eigenvalue weighted by Crippen LogP contribution is -2.21. The predicted octanol–water partition coefficient (Wildman–Crippen LogP) is 3.20. The van der Waals surface area contributed by atoms with E-state index in [1.807, 2.05) is 13.1 Å². The van der Waals surface area contributed by atoms with Crippen molar-refractivity contribution in [3.05, 3.63) is 29.8 Å². The first-order chi connectivity index (χ1) is 7.54. The van der Waals surface area contributed by atoms with Crippen LogP contribution < -0.4 is 10.1 Å². The van der Waals surface area contributed by atoms with E-state index in [2.05, 4.69) is 23.9 Å². The normalized spacial score (nSPS) is 13.2. The van der Waals surface area contributed by atoms with Crippen molar-refractivity contribution in [3.63, 3.8) is 0 Å². The fraction of sp³-hybridized carbons (Fsp3) is 0.500. The quantitative estimate of drug-likeness (QED) is 0.837. The second-order valence-corrected chi connectivity index (χ2v) is 3.96. The lowest BCUT2D eigenvalue weighted by molar-refractivity contribution is -0.0499. The van der Waals surface area contributed by atoms with Gasteiger partial charge in [-0.05, 0) is 30.7 Å². The van der Waals surface area contributed by atoms with Gasteiger partial charge in [0.05, 0.1) is 0 Å². The van der Waals surface area contributed by atoms with E-state index in [0.717, 1.165) is 5.56 Å². The molecule has 1 rings (SSSR count). The monoisotopic (exact) mass is 229 g/mol. The Labute approximate surface area is 94.6 Å². The van der Waals surface area contributed by atoms with Crippen LogP contribution in [0.15, 0.2) is 24.3 Å². The van der Waals surface area contributed by atoms with E-state index in [9.17, 15) is 8.78 Å². The Balaban J connectivity index is 2.88. The largest absolute Gasteiger partial charge is 0.435 e. The molecule has 0 radical (unpaired) electrons. The van der Waals surface area contributed by atoms with Crippen LogP contribution in [-0.4, -0.2) is 13.7 Å². The van der Waals surface area contributed by atoms with Crippen LogP contribution in [0.2, 0.25) is 0 Å². The third-order valence-corrected chi connectivity index (χ3v) is 2.42. The summed E-state index contributed by atoms with van der Waals surface area (Å²) >= 11 is 0. The molecule has 0 aliphatic rings. The lowest BCUT2D eigenvalue weighted by atomic mass is 9.96. The van der Waals surface area contributed by atoms with Crippen molar-refractivity contribution in [1.29, 1.82) is 0 Å². The molecule has 2 nitrogen and oxygen atoms in total. The van der Waals surface area contributed by atoms with Gasteiger partial charge in [0.1, 0.15) is 5.75 Å². The minimum absolute atomic E-state index is 0.140. The Bertz CT molecular complexity index is 329. The highest BCUT2D eigenvalue weighted by molar-refractivity contribution is 5.30. The molecule has 1 aromatic carbocycles. The standard InChI is InChI=1S/C12H17F2NO/c1-8(2)11(15-3)9-5-4-6-10(7-9)16-12(13)14/h4-8,11-12,15H,1-3H3. The second kappa shape index (κ2) is 5.80.